The lowest BCUT2D eigenvalue weighted by molar-refractivity contribution is -0.137. The minimum Gasteiger partial charge on any atom is -0.404 e. The third kappa shape index (κ3) is 6.00. The number of pyridine rings is 1. The summed E-state index contributed by atoms with van der Waals surface area (Å²) in [7, 11) is 0. The maximum Gasteiger partial charge on any atom is 0.418 e. The second kappa shape index (κ2) is 10.2. The Bertz CT molecular complexity index is 1120. The number of anilines is 2. The molecule has 0 saturated heterocycles. The number of rotatable bonds is 9. The molecule has 2 amide bonds. The van der Waals surface area contributed by atoms with Crippen molar-refractivity contribution in [2.45, 2.75) is 31.1 Å². The van der Waals surface area contributed by atoms with E-state index in [0.29, 0.717) is 24.2 Å². The van der Waals surface area contributed by atoms with E-state index in [9.17, 15) is 22.8 Å². The zero-order valence-electron chi connectivity index (χ0n) is 18.0. The molecule has 0 unspecified atom stereocenters. The lowest BCUT2D eigenvalue weighted by Gasteiger charge is -2.17. The van der Waals surface area contributed by atoms with E-state index in [4.69, 9.17) is 5.73 Å². The summed E-state index contributed by atoms with van der Waals surface area (Å²) in [5.74, 6) is -0.908. The molecule has 1 heterocycles. The van der Waals surface area contributed by atoms with Gasteiger partial charge in [-0.25, -0.2) is 0 Å². The summed E-state index contributed by atoms with van der Waals surface area (Å²) in [6.07, 6.45) is 1.39. The second-order valence-electron chi connectivity index (χ2n) is 7.51. The fourth-order valence-corrected chi connectivity index (χ4v) is 3.07. The number of nitrogens with zero attached hydrogens (tertiary/aromatic N) is 2. The summed E-state index contributed by atoms with van der Waals surface area (Å²) in [4.78, 5) is 32.9. The van der Waals surface area contributed by atoms with Crippen LogP contribution in [0.2, 0.25) is 0 Å². The number of nitrogens with one attached hydrogen (secondary N) is 3. The van der Waals surface area contributed by atoms with Crippen LogP contribution in [0.3, 0.4) is 0 Å². The molecule has 2 aromatic rings. The maximum absolute atomic E-state index is 13.1. The van der Waals surface area contributed by atoms with Crippen LogP contribution in [-0.2, 0) is 22.3 Å². The van der Waals surface area contributed by atoms with Crippen LogP contribution in [0.1, 0.15) is 24.1 Å². The van der Waals surface area contributed by atoms with Crippen LogP contribution in [0.15, 0.2) is 72.1 Å². The van der Waals surface area contributed by atoms with Crippen LogP contribution >= 0.6 is 0 Å². The Labute approximate surface area is 193 Å². The van der Waals surface area contributed by atoms with Crippen molar-refractivity contribution < 1.29 is 22.8 Å². The van der Waals surface area contributed by atoms with Gasteiger partial charge in [0.2, 0.25) is 5.91 Å². The van der Waals surface area contributed by atoms with E-state index in [0.717, 1.165) is 12.3 Å². The van der Waals surface area contributed by atoms with Crippen LogP contribution < -0.4 is 21.7 Å². The summed E-state index contributed by atoms with van der Waals surface area (Å²) < 4.78 is 39.4. The molecule has 0 radical (unpaired) electrons. The number of carbonyl (C=O) groups is 2. The molecule has 1 fully saturated rings. The van der Waals surface area contributed by atoms with Gasteiger partial charge in [0.1, 0.15) is 5.54 Å². The van der Waals surface area contributed by atoms with E-state index >= 15 is 0 Å². The number of amides is 2. The van der Waals surface area contributed by atoms with Gasteiger partial charge in [-0.2, -0.15) is 13.2 Å². The lowest BCUT2D eigenvalue weighted by Crippen LogP contribution is -2.49. The number of benzene rings is 1. The number of hydrogen-bond acceptors (Lipinski definition) is 6. The average molecular weight is 472 g/mol. The Morgan fingerprint density at radius 1 is 1.21 bits per heavy atom. The Kier molecular flexibility index (Phi) is 7.34. The normalized spacial score (nSPS) is 15.0. The Hall–Kier alpha value is -4.15. The Morgan fingerprint density at radius 2 is 1.94 bits per heavy atom. The number of para-hydroxylation sites is 1. The second-order valence-corrected chi connectivity index (χ2v) is 7.51. The number of nitrogens with two attached hydrogens (primary N) is 1. The zero-order chi connectivity index (χ0) is 24.8. The molecule has 8 nitrogen and oxygen atoms in total. The Balaban J connectivity index is 1.58. The molecule has 0 aliphatic heterocycles. The predicted molar refractivity (Wildman–Crippen MR) is 122 cm³/mol. The molecule has 1 aliphatic carbocycles. The van der Waals surface area contributed by atoms with Gasteiger partial charge in [-0.05, 0) is 37.1 Å². The number of hydrogen-bond donors (Lipinski definition) is 4. The van der Waals surface area contributed by atoms with E-state index in [1.54, 1.807) is 12.1 Å². The molecule has 0 bridgehead atoms. The molecule has 3 rings (SSSR count). The van der Waals surface area contributed by atoms with Crippen molar-refractivity contribution >= 4 is 29.4 Å². The number of alkyl halides is 3. The lowest BCUT2D eigenvalue weighted by atomic mass is 10.1. The molecule has 1 saturated carbocycles. The predicted octanol–water partition coefficient (Wildman–Crippen LogP) is 3.17. The smallest absolute Gasteiger partial charge is 0.404 e. The quantitative estimate of drug-likeness (QED) is 0.330. The zero-order valence-corrected chi connectivity index (χ0v) is 18.0. The van der Waals surface area contributed by atoms with Crippen LogP contribution in [0, 0.1) is 0 Å². The monoisotopic (exact) mass is 472 g/mol. The van der Waals surface area contributed by atoms with Crippen LogP contribution in [0.4, 0.5) is 24.5 Å². The summed E-state index contributed by atoms with van der Waals surface area (Å²) in [6.45, 7) is 3.49. The van der Waals surface area contributed by atoms with Crippen LogP contribution in [-0.4, -0.2) is 28.6 Å². The van der Waals surface area contributed by atoms with Crippen LogP contribution in [0.25, 0.3) is 0 Å². The maximum atomic E-state index is 13.1. The first-order valence-corrected chi connectivity index (χ1v) is 10.2. The van der Waals surface area contributed by atoms with E-state index in [1.807, 2.05) is 0 Å². The molecule has 178 valence electrons. The number of aromatic nitrogens is 1. The van der Waals surface area contributed by atoms with Crippen molar-refractivity contribution in [1.29, 1.82) is 0 Å². The van der Waals surface area contributed by atoms with E-state index in [2.05, 4.69) is 32.5 Å². The molecule has 0 spiro atoms. The van der Waals surface area contributed by atoms with Gasteiger partial charge in [0.15, 0.2) is 0 Å². The van der Waals surface area contributed by atoms with Gasteiger partial charge in [-0.1, -0.05) is 18.7 Å². The van der Waals surface area contributed by atoms with Crippen molar-refractivity contribution in [1.82, 2.24) is 15.6 Å². The van der Waals surface area contributed by atoms with E-state index in [1.165, 1.54) is 36.8 Å². The molecule has 5 N–H and O–H groups in total. The molecule has 1 aliphatic rings. The standard InChI is InChI=1S/C23H23F3N6O2/c1-2-28-12-15(11-27)20(33)32-22(9-10-22)21(34)30-13-16-7-8-17(14-29-16)31-19-6-4-3-5-18(19)23(24,25)26/h2-8,11-12,14,31H,1,9-10,13,27H2,(H,30,34)(H,32,33)/b15-11+,28-12-. The van der Waals surface area contributed by atoms with Gasteiger partial charge in [-0.3, -0.25) is 19.6 Å². The largest absolute Gasteiger partial charge is 0.418 e. The highest BCUT2D eigenvalue weighted by Gasteiger charge is 2.51. The molecule has 34 heavy (non-hydrogen) atoms. The van der Waals surface area contributed by atoms with Gasteiger partial charge in [-0.15, -0.1) is 0 Å². The summed E-state index contributed by atoms with van der Waals surface area (Å²) in [6, 6.07) is 8.28. The SMILES string of the molecule is C=C/N=C\C(=C/N)C(=O)NC1(C(=O)NCc2ccc(Nc3ccccc3C(F)(F)F)cn2)CC1. The topological polar surface area (TPSA) is 121 Å². The number of aliphatic imine (C=N–C) groups is 1. The van der Waals surface area contributed by atoms with Crippen molar-refractivity contribution in [3.63, 3.8) is 0 Å². The minimum atomic E-state index is -4.49. The minimum absolute atomic E-state index is 0.0768. The summed E-state index contributed by atoms with van der Waals surface area (Å²) in [5, 5.41) is 8.10. The molecule has 1 aromatic carbocycles. The van der Waals surface area contributed by atoms with Crippen molar-refractivity contribution in [3.05, 3.63) is 78.4 Å². The molecule has 0 atom stereocenters. The van der Waals surface area contributed by atoms with Gasteiger partial charge in [0.05, 0.1) is 40.9 Å². The molecule has 1 aromatic heterocycles. The highest BCUT2D eigenvalue weighted by Crippen LogP contribution is 2.36. The fourth-order valence-electron chi connectivity index (χ4n) is 3.07. The molecular weight excluding hydrogens is 449 g/mol. The van der Waals surface area contributed by atoms with Crippen molar-refractivity contribution in [2.75, 3.05) is 5.32 Å². The summed E-state index contributed by atoms with van der Waals surface area (Å²) in [5.41, 5.74) is 4.48. The first kappa shape index (κ1) is 24.5. The summed E-state index contributed by atoms with van der Waals surface area (Å²) >= 11 is 0. The van der Waals surface area contributed by atoms with Crippen molar-refractivity contribution in [3.8, 4) is 0 Å². The van der Waals surface area contributed by atoms with Gasteiger partial charge < -0.3 is 21.7 Å². The first-order valence-electron chi connectivity index (χ1n) is 10.2. The van der Waals surface area contributed by atoms with Gasteiger partial charge >= 0.3 is 6.18 Å². The van der Waals surface area contributed by atoms with Crippen molar-refractivity contribution in [2.24, 2.45) is 10.7 Å². The van der Waals surface area contributed by atoms with Gasteiger partial charge in [0.25, 0.3) is 5.91 Å². The first-order chi connectivity index (χ1) is 16.2. The highest BCUT2D eigenvalue weighted by molar-refractivity contribution is 6.13. The third-order valence-corrected chi connectivity index (χ3v) is 5.06. The van der Waals surface area contributed by atoms with Crippen LogP contribution in [0.5, 0.6) is 0 Å². The number of carbonyl (C=O) groups excluding carboxylic acids is 2. The number of halogens is 3. The van der Waals surface area contributed by atoms with Gasteiger partial charge in [0, 0.05) is 18.6 Å². The van der Waals surface area contributed by atoms with E-state index < -0.39 is 23.2 Å². The fraction of sp³-hybridized carbons (Fsp3) is 0.217. The van der Waals surface area contributed by atoms with E-state index in [-0.39, 0.29) is 23.7 Å². The Morgan fingerprint density at radius 3 is 2.53 bits per heavy atom. The highest BCUT2D eigenvalue weighted by atomic mass is 19.4. The molecular formula is C23H23F3N6O2. The average Bonchev–Trinajstić information content (AvgIpc) is 3.59. The molecule has 11 heteroatoms. The third-order valence-electron chi connectivity index (χ3n) is 5.06.